The number of aryl methyl sites for hydroxylation is 1. The predicted molar refractivity (Wildman–Crippen MR) is 75.6 cm³/mol. The maximum absolute atomic E-state index is 11.3. The smallest absolute Gasteiger partial charge is 0.224 e. The maximum atomic E-state index is 11.3. The molecule has 1 aliphatic heterocycles. The molecule has 5 heteroatoms. The Morgan fingerprint density at radius 2 is 2.20 bits per heavy atom. The van der Waals surface area contributed by atoms with Crippen LogP contribution in [0.3, 0.4) is 0 Å². The van der Waals surface area contributed by atoms with Gasteiger partial charge in [0.1, 0.15) is 11.9 Å². The summed E-state index contributed by atoms with van der Waals surface area (Å²) in [7, 11) is 0. The highest BCUT2D eigenvalue weighted by molar-refractivity contribution is 5.93. The molecule has 1 amide bonds. The molecule has 4 N–H and O–H groups in total. The first kappa shape index (κ1) is 13.4. The number of nitrogens with one attached hydrogen (secondary N) is 1. The zero-order valence-electron chi connectivity index (χ0n) is 11.3. The largest absolute Gasteiger partial charge is 0.486 e. The van der Waals surface area contributed by atoms with Gasteiger partial charge in [-0.2, -0.15) is 0 Å². The molecular weight excluding hydrogens is 256 g/mol. The number of carbonyl (C=O) groups is 1. The van der Waals surface area contributed by atoms with Crippen LogP contribution in [0.2, 0.25) is 0 Å². The molecule has 1 fully saturated rings. The number of anilines is 1. The van der Waals surface area contributed by atoms with E-state index in [-0.39, 0.29) is 24.7 Å². The second-order valence-electron chi connectivity index (χ2n) is 5.62. The van der Waals surface area contributed by atoms with E-state index in [0.29, 0.717) is 18.1 Å². The molecule has 2 unspecified atom stereocenters. The van der Waals surface area contributed by atoms with Gasteiger partial charge in [-0.1, -0.05) is 0 Å². The normalized spacial score (nSPS) is 20.8. The average molecular weight is 276 g/mol. The molecule has 20 heavy (non-hydrogen) atoms. The average Bonchev–Trinajstić information content (AvgIpc) is 3.28. The Bertz CT molecular complexity index is 514. The summed E-state index contributed by atoms with van der Waals surface area (Å²) in [5.41, 5.74) is 8.01. The number of nitrogens with two attached hydrogens (primary N) is 1. The predicted octanol–water partition coefficient (Wildman–Crippen LogP) is 1.05. The van der Waals surface area contributed by atoms with Crippen LogP contribution in [0.25, 0.3) is 0 Å². The number of aliphatic hydroxyl groups excluding tert-OH is 1. The van der Waals surface area contributed by atoms with E-state index in [4.69, 9.17) is 10.5 Å². The molecular formula is C15H20N2O3. The molecule has 1 aliphatic carbocycles. The summed E-state index contributed by atoms with van der Waals surface area (Å²) in [6.45, 7) is -0.0779. The lowest BCUT2D eigenvalue weighted by Gasteiger charge is -2.24. The molecule has 1 aromatic rings. The number of benzene rings is 1. The van der Waals surface area contributed by atoms with Crippen molar-refractivity contribution in [2.75, 3.05) is 11.9 Å². The molecule has 1 saturated carbocycles. The monoisotopic (exact) mass is 276 g/mol. The third kappa shape index (κ3) is 2.78. The molecule has 0 bridgehead atoms. The summed E-state index contributed by atoms with van der Waals surface area (Å²) in [5, 5.41) is 12.3. The van der Waals surface area contributed by atoms with E-state index in [1.165, 1.54) is 0 Å². The summed E-state index contributed by atoms with van der Waals surface area (Å²) in [4.78, 5) is 11.3. The van der Waals surface area contributed by atoms with Gasteiger partial charge in [-0.25, -0.2) is 0 Å². The number of amides is 1. The zero-order chi connectivity index (χ0) is 14.1. The molecule has 0 spiro atoms. The van der Waals surface area contributed by atoms with Crippen molar-refractivity contribution in [2.24, 2.45) is 11.7 Å². The van der Waals surface area contributed by atoms with Crippen LogP contribution in [0.1, 0.15) is 24.8 Å². The fraction of sp³-hybridized carbons (Fsp3) is 0.533. The highest BCUT2D eigenvalue weighted by Crippen LogP contribution is 2.34. The number of ether oxygens (including phenoxy) is 1. The molecule has 5 nitrogen and oxygen atoms in total. The van der Waals surface area contributed by atoms with Crippen molar-refractivity contribution < 1.29 is 14.6 Å². The molecule has 2 aliphatic rings. The highest BCUT2D eigenvalue weighted by atomic mass is 16.5. The van der Waals surface area contributed by atoms with Crippen molar-refractivity contribution in [2.45, 2.75) is 37.8 Å². The Hall–Kier alpha value is -1.59. The maximum Gasteiger partial charge on any atom is 0.224 e. The first-order valence-corrected chi connectivity index (χ1v) is 7.13. The first-order valence-electron chi connectivity index (χ1n) is 7.13. The number of hydrogen-bond acceptors (Lipinski definition) is 4. The molecule has 2 atom stereocenters. The third-order valence-electron chi connectivity index (χ3n) is 4.04. The van der Waals surface area contributed by atoms with Crippen LogP contribution in [0.15, 0.2) is 18.2 Å². The third-order valence-corrected chi connectivity index (χ3v) is 4.04. The number of hydrogen-bond donors (Lipinski definition) is 3. The van der Waals surface area contributed by atoms with Crippen LogP contribution in [0.4, 0.5) is 5.69 Å². The number of aliphatic hydroxyl groups is 1. The fourth-order valence-corrected chi connectivity index (χ4v) is 2.63. The summed E-state index contributed by atoms with van der Waals surface area (Å²) in [6, 6.07) is 5.47. The second kappa shape index (κ2) is 5.42. The first-order chi connectivity index (χ1) is 9.67. The Morgan fingerprint density at radius 1 is 1.40 bits per heavy atom. The molecule has 108 valence electrons. The topological polar surface area (TPSA) is 84.6 Å². The lowest BCUT2D eigenvalue weighted by molar-refractivity contribution is -0.116. The summed E-state index contributed by atoms with van der Waals surface area (Å²) >= 11 is 0. The van der Waals surface area contributed by atoms with E-state index in [2.05, 4.69) is 5.32 Å². The van der Waals surface area contributed by atoms with Crippen LogP contribution in [-0.4, -0.2) is 29.8 Å². The van der Waals surface area contributed by atoms with Gasteiger partial charge in [0.15, 0.2) is 0 Å². The van der Waals surface area contributed by atoms with Crippen molar-refractivity contribution in [3.8, 4) is 5.75 Å². The van der Waals surface area contributed by atoms with E-state index in [1.807, 2.05) is 18.2 Å². The van der Waals surface area contributed by atoms with E-state index >= 15 is 0 Å². The van der Waals surface area contributed by atoms with Crippen LogP contribution in [-0.2, 0) is 11.2 Å². The van der Waals surface area contributed by atoms with Crippen LogP contribution in [0.5, 0.6) is 5.75 Å². The summed E-state index contributed by atoms with van der Waals surface area (Å²) in [6.07, 6.45) is 3.10. The zero-order valence-corrected chi connectivity index (χ0v) is 11.3. The molecule has 1 heterocycles. The lowest BCUT2D eigenvalue weighted by atomic mass is 10.0. The van der Waals surface area contributed by atoms with Crippen molar-refractivity contribution in [3.05, 3.63) is 23.8 Å². The van der Waals surface area contributed by atoms with E-state index in [1.54, 1.807) is 0 Å². The quantitative estimate of drug-likeness (QED) is 0.750. The number of rotatable bonds is 5. The lowest BCUT2D eigenvalue weighted by Crippen LogP contribution is -2.43. The fourth-order valence-electron chi connectivity index (χ4n) is 2.63. The van der Waals surface area contributed by atoms with E-state index in [0.717, 1.165) is 30.5 Å². The van der Waals surface area contributed by atoms with Gasteiger partial charge in [-0.3, -0.25) is 4.79 Å². The van der Waals surface area contributed by atoms with Gasteiger partial charge in [-0.05, 0) is 48.9 Å². The molecule has 3 rings (SSSR count). The molecule has 0 radical (unpaired) electrons. The Kier molecular flexibility index (Phi) is 3.63. The van der Waals surface area contributed by atoms with Gasteiger partial charge < -0.3 is 20.9 Å². The Balaban J connectivity index is 1.72. The van der Waals surface area contributed by atoms with Gasteiger partial charge in [-0.15, -0.1) is 0 Å². The Morgan fingerprint density at radius 3 is 2.90 bits per heavy atom. The summed E-state index contributed by atoms with van der Waals surface area (Å²) in [5.74, 6) is 1.23. The number of fused-ring (bicyclic) bond motifs is 1. The van der Waals surface area contributed by atoms with Gasteiger partial charge in [0.2, 0.25) is 5.91 Å². The SMILES string of the molecule is NC(C1CC1)C(CO)Oc1ccc2c(c1)CCC(=O)N2. The van der Waals surface area contributed by atoms with Crippen LogP contribution < -0.4 is 15.8 Å². The van der Waals surface area contributed by atoms with Crippen LogP contribution >= 0.6 is 0 Å². The minimum Gasteiger partial charge on any atom is -0.486 e. The van der Waals surface area contributed by atoms with Gasteiger partial charge in [0.25, 0.3) is 0 Å². The van der Waals surface area contributed by atoms with Crippen LogP contribution in [0, 0.1) is 5.92 Å². The minimum atomic E-state index is -0.362. The summed E-state index contributed by atoms with van der Waals surface area (Å²) < 4.78 is 5.83. The van der Waals surface area contributed by atoms with Gasteiger partial charge >= 0.3 is 0 Å². The van der Waals surface area contributed by atoms with E-state index in [9.17, 15) is 9.90 Å². The molecule has 0 aromatic heterocycles. The van der Waals surface area contributed by atoms with Crippen molar-refractivity contribution in [1.29, 1.82) is 0 Å². The Labute approximate surface area is 118 Å². The molecule has 1 aromatic carbocycles. The van der Waals surface area contributed by atoms with Crippen molar-refractivity contribution in [3.63, 3.8) is 0 Å². The van der Waals surface area contributed by atoms with Gasteiger partial charge in [0, 0.05) is 18.2 Å². The minimum absolute atomic E-state index is 0.0511. The molecule has 0 saturated heterocycles. The van der Waals surface area contributed by atoms with Crippen molar-refractivity contribution in [1.82, 2.24) is 0 Å². The van der Waals surface area contributed by atoms with E-state index < -0.39 is 0 Å². The van der Waals surface area contributed by atoms with Gasteiger partial charge in [0.05, 0.1) is 6.61 Å². The van der Waals surface area contributed by atoms with Crippen molar-refractivity contribution >= 4 is 11.6 Å². The second-order valence-corrected chi connectivity index (χ2v) is 5.62. The highest BCUT2D eigenvalue weighted by Gasteiger charge is 2.35. The number of carbonyl (C=O) groups excluding carboxylic acids is 1. The standard InChI is InChI=1S/C15H20N2O3/c16-15(9-1-2-9)13(8-18)20-11-4-5-12-10(7-11)3-6-14(19)17-12/h4-5,7,9,13,15,18H,1-3,6,8,16H2,(H,17,19).